The van der Waals surface area contributed by atoms with Gasteiger partial charge in [-0.15, -0.1) is 0 Å². The molecule has 88 valence electrons. The fourth-order valence-electron chi connectivity index (χ4n) is 2.06. The molecular weight excluding hydrogens is 210 g/mol. The van der Waals surface area contributed by atoms with Gasteiger partial charge in [0.2, 0.25) is 0 Å². The number of hydrogen-bond donors (Lipinski definition) is 1. The van der Waals surface area contributed by atoms with Gasteiger partial charge < -0.3 is 10.5 Å². The minimum atomic E-state index is -0.146. The highest BCUT2D eigenvalue weighted by molar-refractivity contribution is 5.46. The first-order valence-electron chi connectivity index (χ1n) is 5.68. The molecular formula is C15H17NO. The van der Waals surface area contributed by atoms with E-state index in [1.807, 2.05) is 42.5 Å². The van der Waals surface area contributed by atoms with Crippen molar-refractivity contribution in [2.24, 2.45) is 5.73 Å². The topological polar surface area (TPSA) is 35.2 Å². The summed E-state index contributed by atoms with van der Waals surface area (Å²) in [5.41, 5.74) is 9.62. The Morgan fingerprint density at radius 3 is 2.35 bits per heavy atom. The van der Waals surface area contributed by atoms with Crippen molar-refractivity contribution in [3.05, 3.63) is 65.2 Å². The molecule has 0 aliphatic heterocycles. The van der Waals surface area contributed by atoms with Crippen molar-refractivity contribution in [1.82, 2.24) is 0 Å². The lowest BCUT2D eigenvalue weighted by Crippen LogP contribution is -2.14. The summed E-state index contributed by atoms with van der Waals surface area (Å²) in [6, 6.07) is 15.9. The van der Waals surface area contributed by atoms with E-state index in [4.69, 9.17) is 10.5 Å². The van der Waals surface area contributed by atoms with Crippen LogP contribution >= 0.6 is 0 Å². The summed E-state index contributed by atoms with van der Waals surface area (Å²) in [5, 5.41) is 0. The van der Waals surface area contributed by atoms with Crippen LogP contribution in [-0.2, 0) is 0 Å². The maximum Gasteiger partial charge on any atom is 0.124 e. The van der Waals surface area contributed by atoms with Crippen molar-refractivity contribution in [1.29, 1.82) is 0 Å². The van der Waals surface area contributed by atoms with Crippen LogP contribution in [0.1, 0.15) is 22.7 Å². The fourth-order valence-corrected chi connectivity index (χ4v) is 2.06. The van der Waals surface area contributed by atoms with Gasteiger partial charge in [0.25, 0.3) is 0 Å². The first-order chi connectivity index (χ1) is 8.24. The number of methoxy groups -OCH3 is 1. The number of hydrogen-bond acceptors (Lipinski definition) is 2. The van der Waals surface area contributed by atoms with E-state index in [0.717, 1.165) is 22.4 Å². The van der Waals surface area contributed by atoms with Gasteiger partial charge in [0.05, 0.1) is 13.2 Å². The van der Waals surface area contributed by atoms with Crippen molar-refractivity contribution < 1.29 is 4.74 Å². The standard InChI is InChI=1S/C15H17NO/c1-11-7-6-10-13(17-2)14(11)15(16)12-8-4-3-5-9-12/h3-10,15H,16H2,1-2H3. The zero-order chi connectivity index (χ0) is 12.3. The van der Waals surface area contributed by atoms with Gasteiger partial charge in [-0.25, -0.2) is 0 Å². The normalized spacial score (nSPS) is 12.2. The third-order valence-corrected chi connectivity index (χ3v) is 2.97. The maximum absolute atomic E-state index is 6.31. The molecule has 0 saturated carbocycles. The van der Waals surface area contributed by atoms with E-state index in [-0.39, 0.29) is 6.04 Å². The van der Waals surface area contributed by atoms with Gasteiger partial charge in [-0.1, -0.05) is 42.5 Å². The van der Waals surface area contributed by atoms with Gasteiger partial charge >= 0.3 is 0 Å². The molecule has 0 bridgehead atoms. The van der Waals surface area contributed by atoms with Crippen molar-refractivity contribution in [3.8, 4) is 5.75 Å². The number of nitrogens with two attached hydrogens (primary N) is 1. The van der Waals surface area contributed by atoms with E-state index in [0.29, 0.717) is 0 Å². The Kier molecular flexibility index (Phi) is 3.45. The molecule has 0 radical (unpaired) electrons. The predicted molar refractivity (Wildman–Crippen MR) is 70.2 cm³/mol. The van der Waals surface area contributed by atoms with E-state index in [1.54, 1.807) is 7.11 Å². The summed E-state index contributed by atoms with van der Waals surface area (Å²) in [5.74, 6) is 0.848. The zero-order valence-electron chi connectivity index (χ0n) is 10.2. The van der Waals surface area contributed by atoms with Crippen molar-refractivity contribution >= 4 is 0 Å². The molecule has 0 saturated heterocycles. The molecule has 0 aliphatic carbocycles. The maximum atomic E-state index is 6.31. The highest BCUT2D eigenvalue weighted by atomic mass is 16.5. The van der Waals surface area contributed by atoms with E-state index in [1.165, 1.54) is 0 Å². The van der Waals surface area contributed by atoms with Crippen molar-refractivity contribution in [3.63, 3.8) is 0 Å². The number of ether oxygens (including phenoxy) is 1. The molecule has 0 fully saturated rings. The molecule has 2 N–H and O–H groups in total. The fraction of sp³-hybridized carbons (Fsp3) is 0.200. The molecule has 2 aromatic carbocycles. The Balaban J connectivity index is 2.47. The molecule has 17 heavy (non-hydrogen) atoms. The molecule has 0 amide bonds. The van der Waals surface area contributed by atoms with Gasteiger partial charge in [-0.2, -0.15) is 0 Å². The van der Waals surface area contributed by atoms with Crippen LogP contribution in [-0.4, -0.2) is 7.11 Å². The summed E-state index contributed by atoms with van der Waals surface area (Å²) in [7, 11) is 1.68. The minimum absolute atomic E-state index is 0.146. The summed E-state index contributed by atoms with van der Waals surface area (Å²) in [6.07, 6.45) is 0. The van der Waals surface area contributed by atoms with E-state index < -0.39 is 0 Å². The van der Waals surface area contributed by atoms with Crippen LogP contribution in [0.2, 0.25) is 0 Å². The average Bonchev–Trinajstić information content (AvgIpc) is 2.38. The summed E-state index contributed by atoms with van der Waals surface area (Å²) in [4.78, 5) is 0. The predicted octanol–water partition coefficient (Wildman–Crippen LogP) is 3.05. The van der Waals surface area contributed by atoms with Gasteiger partial charge in [0.15, 0.2) is 0 Å². The molecule has 2 nitrogen and oxygen atoms in total. The largest absolute Gasteiger partial charge is 0.496 e. The quantitative estimate of drug-likeness (QED) is 0.874. The first kappa shape index (κ1) is 11.7. The minimum Gasteiger partial charge on any atom is -0.496 e. The first-order valence-corrected chi connectivity index (χ1v) is 5.68. The van der Waals surface area contributed by atoms with Crippen LogP contribution in [0.15, 0.2) is 48.5 Å². The second-order valence-corrected chi connectivity index (χ2v) is 4.08. The summed E-state index contributed by atoms with van der Waals surface area (Å²) < 4.78 is 5.39. The molecule has 0 aliphatic rings. The van der Waals surface area contributed by atoms with Crippen molar-refractivity contribution in [2.75, 3.05) is 7.11 Å². The van der Waals surface area contributed by atoms with E-state index in [9.17, 15) is 0 Å². The Labute approximate surface area is 102 Å². The average molecular weight is 227 g/mol. The molecule has 2 heteroatoms. The summed E-state index contributed by atoms with van der Waals surface area (Å²) >= 11 is 0. The number of aryl methyl sites for hydroxylation is 1. The molecule has 2 rings (SSSR count). The van der Waals surface area contributed by atoms with Gasteiger partial charge in [0, 0.05) is 5.56 Å². The summed E-state index contributed by atoms with van der Waals surface area (Å²) in [6.45, 7) is 2.06. The Morgan fingerprint density at radius 1 is 1.00 bits per heavy atom. The van der Waals surface area contributed by atoms with Crippen LogP contribution in [0.25, 0.3) is 0 Å². The lowest BCUT2D eigenvalue weighted by molar-refractivity contribution is 0.407. The van der Waals surface area contributed by atoms with Crippen molar-refractivity contribution in [2.45, 2.75) is 13.0 Å². The van der Waals surface area contributed by atoms with E-state index in [2.05, 4.69) is 13.0 Å². The third-order valence-electron chi connectivity index (χ3n) is 2.97. The molecule has 1 atom stereocenters. The monoisotopic (exact) mass is 227 g/mol. The molecule has 2 aromatic rings. The van der Waals surface area contributed by atoms with Crippen LogP contribution in [0.4, 0.5) is 0 Å². The highest BCUT2D eigenvalue weighted by Gasteiger charge is 2.15. The molecule has 0 heterocycles. The van der Waals surface area contributed by atoms with E-state index >= 15 is 0 Å². The second kappa shape index (κ2) is 5.02. The Bertz CT molecular complexity index is 494. The number of rotatable bonds is 3. The van der Waals surface area contributed by atoms with Crippen LogP contribution in [0, 0.1) is 6.92 Å². The van der Waals surface area contributed by atoms with Crippen LogP contribution in [0.3, 0.4) is 0 Å². The lowest BCUT2D eigenvalue weighted by Gasteiger charge is -2.18. The zero-order valence-corrected chi connectivity index (χ0v) is 10.2. The van der Waals surface area contributed by atoms with Gasteiger partial charge in [0.1, 0.15) is 5.75 Å². The molecule has 0 spiro atoms. The van der Waals surface area contributed by atoms with Crippen LogP contribution in [0.5, 0.6) is 5.75 Å². The smallest absolute Gasteiger partial charge is 0.124 e. The highest BCUT2D eigenvalue weighted by Crippen LogP contribution is 2.30. The third kappa shape index (κ3) is 2.32. The SMILES string of the molecule is COc1cccc(C)c1C(N)c1ccccc1. The molecule has 1 unspecified atom stereocenters. The van der Waals surface area contributed by atoms with Crippen LogP contribution < -0.4 is 10.5 Å². The number of benzene rings is 2. The second-order valence-electron chi connectivity index (χ2n) is 4.08. The Hall–Kier alpha value is -1.80. The lowest BCUT2D eigenvalue weighted by atomic mass is 9.95. The molecule has 0 aromatic heterocycles. The van der Waals surface area contributed by atoms with Gasteiger partial charge in [-0.05, 0) is 24.1 Å². The van der Waals surface area contributed by atoms with Gasteiger partial charge in [-0.3, -0.25) is 0 Å². The Morgan fingerprint density at radius 2 is 1.71 bits per heavy atom.